The van der Waals surface area contributed by atoms with Crippen molar-refractivity contribution < 1.29 is 39.3 Å². The predicted octanol–water partition coefficient (Wildman–Crippen LogP) is 6.92. The predicted molar refractivity (Wildman–Crippen MR) is 129 cm³/mol. The molecule has 2 heterocycles. The number of alkyl halides is 3. The van der Waals surface area contributed by atoms with Gasteiger partial charge < -0.3 is 0 Å². The second-order valence-electron chi connectivity index (χ2n) is 9.01. The van der Waals surface area contributed by atoms with Crippen LogP contribution in [-0.4, -0.2) is 21.3 Å². The molecule has 1 aliphatic carbocycles. The molecule has 0 saturated carbocycles. The van der Waals surface area contributed by atoms with Crippen molar-refractivity contribution in [1.82, 2.24) is 4.90 Å². The Hall–Kier alpha value is -2.60. The Balaban J connectivity index is 1.46. The second kappa shape index (κ2) is 9.80. The molecule has 0 N–H and O–H groups in total. The molecule has 175 valence electrons. The SMILES string of the molecule is C=C1C2=C(CN(c3cccc(C(F)(F)F)c3)CC2)N=[C]([Hg])N1C(C1=CC=CCC1)c1ccccc1. The van der Waals surface area contributed by atoms with Crippen LogP contribution in [0, 0.1) is 0 Å². The molecule has 5 rings (SSSR count). The van der Waals surface area contributed by atoms with Gasteiger partial charge in [-0.25, -0.2) is 0 Å². The summed E-state index contributed by atoms with van der Waals surface area (Å²) in [6.07, 6.45) is 4.91. The number of rotatable bonds is 4. The molecule has 0 radical (unpaired) electrons. The molecule has 1 unspecified atom stereocenters. The Kier molecular flexibility index (Phi) is 6.75. The minimum absolute atomic E-state index is 0.0560. The Labute approximate surface area is 220 Å². The topological polar surface area (TPSA) is 18.8 Å². The van der Waals surface area contributed by atoms with Crippen molar-refractivity contribution in [3.05, 3.63) is 113 Å². The summed E-state index contributed by atoms with van der Waals surface area (Å²) in [5.41, 5.74) is 5.56. The van der Waals surface area contributed by atoms with Gasteiger partial charge in [-0.15, -0.1) is 0 Å². The summed E-state index contributed by atoms with van der Waals surface area (Å²) < 4.78 is 40.8. The summed E-state index contributed by atoms with van der Waals surface area (Å²) in [6, 6.07) is 16.1. The number of hydrogen-bond acceptors (Lipinski definition) is 3. The molecule has 2 aromatic rings. The molecule has 0 aromatic heterocycles. The Bertz CT molecular complexity index is 1260. The second-order valence-corrected chi connectivity index (χ2v) is 11.5. The molecule has 3 aliphatic rings. The van der Waals surface area contributed by atoms with E-state index in [2.05, 4.69) is 54.0 Å². The van der Waals surface area contributed by atoms with E-state index in [-0.39, 0.29) is 32.2 Å². The molecule has 2 aliphatic heterocycles. The Morgan fingerprint density at radius 2 is 1.83 bits per heavy atom. The first kappa shape index (κ1) is 24.1. The third kappa shape index (κ3) is 4.90. The molecule has 7 heteroatoms. The molecule has 1 atom stereocenters. The first-order chi connectivity index (χ1) is 16.8. The van der Waals surface area contributed by atoms with E-state index in [4.69, 9.17) is 4.99 Å². The van der Waals surface area contributed by atoms with Crippen LogP contribution >= 0.6 is 0 Å². The fourth-order valence-electron chi connectivity index (χ4n) is 5.09. The number of benzene rings is 2. The number of amidine groups is 1. The van der Waals surface area contributed by atoms with Crippen LogP contribution in [0.25, 0.3) is 0 Å². The molecule has 0 saturated heterocycles. The van der Waals surface area contributed by atoms with Crippen LogP contribution in [0.4, 0.5) is 18.9 Å². The summed E-state index contributed by atoms with van der Waals surface area (Å²) in [7, 11) is 0. The van der Waals surface area contributed by atoms with Gasteiger partial charge in [-0.05, 0) is 0 Å². The van der Waals surface area contributed by atoms with E-state index in [0.717, 1.165) is 39.2 Å². The van der Waals surface area contributed by atoms with E-state index in [1.54, 1.807) is 6.07 Å². The molecule has 35 heavy (non-hydrogen) atoms. The zero-order chi connectivity index (χ0) is 24.6. The number of hydrogen-bond donors (Lipinski definition) is 0. The van der Waals surface area contributed by atoms with Gasteiger partial charge in [-0.3, -0.25) is 0 Å². The van der Waals surface area contributed by atoms with Crippen molar-refractivity contribution in [3.63, 3.8) is 0 Å². The fraction of sp³-hybridized carbons (Fsp3) is 0.250. The monoisotopic (exact) mass is 662 g/mol. The van der Waals surface area contributed by atoms with E-state index in [0.29, 0.717) is 25.2 Å². The number of halogens is 3. The molecule has 2 aromatic carbocycles. The van der Waals surface area contributed by atoms with Gasteiger partial charge >= 0.3 is 221 Å². The van der Waals surface area contributed by atoms with Crippen LogP contribution in [0.3, 0.4) is 0 Å². The van der Waals surface area contributed by atoms with Crippen molar-refractivity contribution >= 4 is 9.03 Å². The first-order valence-electron chi connectivity index (χ1n) is 11.8. The van der Waals surface area contributed by atoms with Gasteiger partial charge in [0.25, 0.3) is 0 Å². The molecule has 0 spiro atoms. The van der Waals surface area contributed by atoms with E-state index in [9.17, 15) is 13.2 Å². The Morgan fingerprint density at radius 1 is 1.03 bits per heavy atom. The van der Waals surface area contributed by atoms with Crippen molar-refractivity contribution in [2.45, 2.75) is 31.5 Å². The molecule has 3 nitrogen and oxygen atoms in total. The van der Waals surface area contributed by atoms with Gasteiger partial charge in [-0.1, -0.05) is 0 Å². The van der Waals surface area contributed by atoms with Crippen LogP contribution in [0.15, 0.2) is 107 Å². The van der Waals surface area contributed by atoms with Crippen LogP contribution in [-0.2, 0) is 32.3 Å². The van der Waals surface area contributed by atoms with Crippen LogP contribution in [0.1, 0.15) is 36.4 Å². The normalized spacial score (nSPS) is 19.4. The van der Waals surface area contributed by atoms with E-state index in [1.165, 1.54) is 23.3 Å². The number of nitrogens with zero attached hydrogens (tertiary/aromatic N) is 3. The molecule has 0 amide bonds. The first-order valence-corrected chi connectivity index (χ1v) is 14.5. The fourth-order valence-corrected chi connectivity index (χ4v) is 7.28. The van der Waals surface area contributed by atoms with Gasteiger partial charge in [0, 0.05) is 0 Å². The molecule has 0 bridgehead atoms. The van der Waals surface area contributed by atoms with Crippen LogP contribution in [0.5, 0.6) is 0 Å². The van der Waals surface area contributed by atoms with Crippen molar-refractivity contribution in [2.75, 3.05) is 18.0 Å². The zero-order valence-electron chi connectivity index (χ0n) is 19.4. The van der Waals surface area contributed by atoms with E-state index < -0.39 is 11.7 Å². The minimum atomic E-state index is -4.35. The summed E-state index contributed by atoms with van der Waals surface area (Å²) in [5.74, 6) is 0. The third-order valence-corrected chi connectivity index (χ3v) is 8.75. The zero-order valence-corrected chi connectivity index (χ0v) is 24.9. The maximum absolute atomic E-state index is 13.2. The third-order valence-electron chi connectivity index (χ3n) is 6.81. The summed E-state index contributed by atoms with van der Waals surface area (Å²) in [4.78, 5) is 9.38. The summed E-state index contributed by atoms with van der Waals surface area (Å²) >= 11 is 0.219. The van der Waals surface area contributed by atoms with Crippen LogP contribution < -0.4 is 4.90 Å². The van der Waals surface area contributed by atoms with Crippen LogP contribution in [0.2, 0.25) is 0 Å². The molecule has 0 fully saturated rings. The maximum atomic E-state index is 13.2. The number of anilines is 1. The summed E-state index contributed by atoms with van der Waals surface area (Å²) in [5, 5.41) is 0. The standard InChI is InChI=1S/C28H25F3N3.Hg/c1-20-25-15-16-33(24-14-8-13-23(17-24)28(29,30)31)18-26(25)32-19-34(20)27(21-9-4-2-5-10-21)22-11-6-3-7-12-22;/h2-6,8-11,13-14,17,27H,1,7,12,15-16,18H2;. The van der Waals surface area contributed by atoms with Gasteiger partial charge in [0.1, 0.15) is 0 Å². The molecular formula is C28H25F3HgN3. The Morgan fingerprint density at radius 3 is 2.54 bits per heavy atom. The average Bonchev–Trinajstić information content (AvgIpc) is 2.87. The number of allylic oxidation sites excluding steroid dienone is 4. The van der Waals surface area contributed by atoms with E-state index >= 15 is 0 Å². The van der Waals surface area contributed by atoms with Gasteiger partial charge in [-0.2, -0.15) is 0 Å². The van der Waals surface area contributed by atoms with Crippen molar-refractivity contribution in [1.29, 1.82) is 0 Å². The van der Waals surface area contributed by atoms with Gasteiger partial charge in [0.15, 0.2) is 0 Å². The number of aliphatic imine (C=N–C) groups is 1. The summed E-state index contributed by atoms with van der Waals surface area (Å²) in [6.45, 7) is 5.64. The average molecular weight is 661 g/mol. The van der Waals surface area contributed by atoms with Gasteiger partial charge in [0.05, 0.1) is 0 Å². The van der Waals surface area contributed by atoms with Crippen molar-refractivity contribution in [3.8, 4) is 0 Å². The quantitative estimate of drug-likeness (QED) is 0.332. The van der Waals surface area contributed by atoms with Crippen molar-refractivity contribution in [2.24, 2.45) is 4.99 Å². The molecular weight excluding hydrogens is 636 g/mol. The van der Waals surface area contributed by atoms with Gasteiger partial charge in [0.2, 0.25) is 0 Å². The van der Waals surface area contributed by atoms with E-state index in [1.807, 2.05) is 11.0 Å².